The Morgan fingerprint density at radius 2 is 1.70 bits per heavy atom. The highest BCUT2D eigenvalue weighted by atomic mass is 19.1. The molecule has 2 nitrogen and oxygen atoms in total. The molecule has 1 atom stereocenters. The van der Waals surface area contributed by atoms with Gasteiger partial charge in [-0.15, -0.1) is 0 Å². The van der Waals surface area contributed by atoms with Crippen molar-refractivity contribution in [1.29, 1.82) is 0 Å². The topological polar surface area (TPSA) is 29.1 Å². The largest absolute Gasteiger partial charge is 0.349 e. The molecule has 0 saturated heterocycles. The lowest BCUT2D eigenvalue weighted by Gasteiger charge is -2.15. The number of benzene rings is 3. The van der Waals surface area contributed by atoms with Crippen molar-refractivity contribution < 1.29 is 9.18 Å². The normalized spacial score (nSPS) is 12.1. The molecule has 0 bridgehead atoms. The predicted octanol–water partition coefficient (Wildman–Crippen LogP) is 4.40. The van der Waals surface area contributed by atoms with Crippen LogP contribution >= 0.6 is 0 Å². The third-order valence-electron chi connectivity index (χ3n) is 3.96. The summed E-state index contributed by atoms with van der Waals surface area (Å²) in [7, 11) is 0. The lowest BCUT2D eigenvalue weighted by atomic mass is 10.0. The summed E-state index contributed by atoms with van der Waals surface area (Å²) in [5.74, 6) is -0.531. The van der Waals surface area contributed by atoms with Crippen LogP contribution in [0.1, 0.15) is 24.1 Å². The lowest BCUT2D eigenvalue weighted by molar-refractivity contribution is -0.121. The Hall–Kier alpha value is -2.68. The van der Waals surface area contributed by atoms with Crippen molar-refractivity contribution in [3.8, 4) is 0 Å². The van der Waals surface area contributed by atoms with E-state index in [2.05, 4.69) is 17.4 Å². The third-order valence-corrected chi connectivity index (χ3v) is 3.96. The fourth-order valence-electron chi connectivity index (χ4n) is 2.67. The smallest absolute Gasteiger partial charge is 0.225 e. The van der Waals surface area contributed by atoms with Crippen molar-refractivity contribution in [2.24, 2.45) is 0 Å². The van der Waals surface area contributed by atoms with E-state index in [0.29, 0.717) is 5.56 Å². The van der Waals surface area contributed by atoms with Gasteiger partial charge in [0.1, 0.15) is 5.82 Å². The second-order valence-electron chi connectivity index (χ2n) is 5.66. The molecule has 0 heterocycles. The van der Waals surface area contributed by atoms with Gasteiger partial charge in [0.05, 0.1) is 12.5 Å². The summed E-state index contributed by atoms with van der Waals surface area (Å²) in [6.45, 7) is 1.93. The van der Waals surface area contributed by atoms with Crippen LogP contribution < -0.4 is 5.32 Å². The van der Waals surface area contributed by atoms with Gasteiger partial charge in [0, 0.05) is 0 Å². The summed E-state index contributed by atoms with van der Waals surface area (Å²) in [5.41, 5.74) is 1.45. The maximum Gasteiger partial charge on any atom is 0.225 e. The van der Waals surface area contributed by atoms with Gasteiger partial charge in [-0.3, -0.25) is 4.79 Å². The van der Waals surface area contributed by atoms with Gasteiger partial charge in [0.25, 0.3) is 0 Å². The molecule has 0 aliphatic rings. The van der Waals surface area contributed by atoms with Crippen LogP contribution in [-0.2, 0) is 11.2 Å². The van der Waals surface area contributed by atoms with Crippen molar-refractivity contribution >= 4 is 16.7 Å². The molecule has 3 aromatic carbocycles. The number of halogens is 1. The van der Waals surface area contributed by atoms with E-state index in [1.165, 1.54) is 11.5 Å². The number of nitrogens with one attached hydrogen (secondary N) is 1. The number of carbonyl (C=O) groups is 1. The van der Waals surface area contributed by atoms with Crippen LogP contribution in [0.25, 0.3) is 10.8 Å². The lowest BCUT2D eigenvalue weighted by Crippen LogP contribution is -2.28. The minimum absolute atomic E-state index is 0.0462. The zero-order chi connectivity index (χ0) is 16.2. The molecule has 0 unspecified atom stereocenters. The molecule has 0 radical (unpaired) electrons. The van der Waals surface area contributed by atoms with Crippen LogP contribution in [0.5, 0.6) is 0 Å². The summed E-state index contributed by atoms with van der Waals surface area (Å²) in [6, 6.07) is 20.5. The molecule has 1 amide bonds. The van der Waals surface area contributed by atoms with Gasteiger partial charge < -0.3 is 5.32 Å². The van der Waals surface area contributed by atoms with Gasteiger partial charge in [0.15, 0.2) is 0 Å². The molecule has 0 aliphatic carbocycles. The second-order valence-corrected chi connectivity index (χ2v) is 5.66. The molecule has 0 spiro atoms. The van der Waals surface area contributed by atoms with Crippen molar-refractivity contribution in [3.63, 3.8) is 0 Å². The molecule has 1 N–H and O–H groups in total. The number of hydrogen-bond acceptors (Lipinski definition) is 1. The number of hydrogen-bond donors (Lipinski definition) is 1. The summed E-state index contributed by atoms with van der Waals surface area (Å²) < 4.78 is 13.6. The van der Waals surface area contributed by atoms with Crippen molar-refractivity contribution in [2.45, 2.75) is 19.4 Å². The van der Waals surface area contributed by atoms with Gasteiger partial charge in [-0.25, -0.2) is 4.39 Å². The first-order valence-corrected chi connectivity index (χ1v) is 7.65. The van der Waals surface area contributed by atoms with E-state index in [1.807, 2.05) is 37.3 Å². The van der Waals surface area contributed by atoms with Crippen molar-refractivity contribution in [2.75, 3.05) is 0 Å². The minimum Gasteiger partial charge on any atom is -0.349 e. The van der Waals surface area contributed by atoms with E-state index in [-0.39, 0.29) is 24.2 Å². The Morgan fingerprint density at radius 1 is 1.00 bits per heavy atom. The van der Waals surface area contributed by atoms with Crippen LogP contribution in [-0.4, -0.2) is 5.91 Å². The Balaban J connectivity index is 1.71. The molecule has 0 fully saturated rings. The quantitative estimate of drug-likeness (QED) is 0.760. The molecular formula is C20H18FNO. The minimum atomic E-state index is -0.346. The molecule has 0 aliphatic heterocycles. The molecule has 3 heteroatoms. The molecule has 23 heavy (non-hydrogen) atoms. The highest BCUT2D eigenvalue weighted by Gasteiger charge is 2.12. The Labute approximate surface area is 135 Å². The van der Waals surface area contributed by atoms with E-state index >= 15 is 0 Å². The van der Waals surface area contributed by atoms with Gasteiger partial charge in [-0.1, -0.05) is 54.6 Å². The summed E-state index contributed by atoms with van der Waals surface area (Å²) in [4.78, 5) is 12.1. The first-order chi connectivity index (χ1) is 11.1. The van der Waals surface area contributed by atoms with E-state index in [1.54, 1.807) is 18.2 Å². The zero-order valence-electron chi connectivity index (χ0n) is 12.9. The van der Waals surface area contributed by atoms with E-state index in [4.69, 9.17) is 0 Å². The van der Waals surface area contributed by atoms with Crippen LogP contribution in [0.3, 0.4) is 0 Å². The van der Waals surface area contributed by atoms with E-state index in [9.17, 15) is 9.18 Å². The molecule has 116 valence electrons. The second kappa shape index (κ2) is 6.61. The van der Waals surface area contributed by atoms with Crippen LogP contribution in [0.15, 0.2) is 66.7 Å². The third kappa shape index (κ3) is 3.57. The maximum atomic E-state index is 13.6. The number of carbonyl (C=O) groups excluding carboxylic acids is 1. The van der Waals surface area contributed by atoms with Crippen molar-refractivity contribution in [3.05, 3.63) is 83.7 Å². The highest BCUT2D eigenvalue weighted by molar-refractivity contribution is 5.83. The Morgan fingerprint density at radius 3 is 2.48 bits per heavy atom. The number of fused-ring (bicyclic) bond motifs is 1. The monoisotopic (exact) mass is 307 g/mol. The molecular weight excluding hydrogens is 289 g/mol. The molecule has 3 aromatic rings. The van der Waals surface area contributed by atoms with Gasteiger partial charge >= 0.3 is 0 Å². The maximum absolute atomic E-state index is 13.6. The zero-order valence-corrected chi connectivity index (χ0v) is 12.9. The number of amides is 1. The van der Waals surface area contributed by atoms with Crippen LogP contribution in [0.2, 0.25) is 0 Å². The first kappa shape index (κ1) is 15.2. The van der Waals surface area contributed by atoms with Gasteiger partial charge in [0.2, 0.25) is 5.91 Å². The average Bonchev–Trinajstić information content (AvgIpc) is 2.56. The first-order valence-electron chi connectivity index (χ1n) is 7.65. The summed E-state index contributed by atoms with van der Waals surface area (Å²) in [5, 5.41) is 5.24. The fraction of sp³-hybridized carbons (Fsp3) is 0.150. The summed E-state index contributed by atoms with van der Waals surface area (Å²) in [6.07, 6.45) is 0.0462. The van der Waals surface area contributed by atoms with E-state index < -0.39 is 0 Å². The highest BCUT2D eigenvalue weighted by Crippen LogP contribution is 2.20. The fourth-order valence-corrected chi connectivity index (χ4v) is 2.67. The van der Waals surface area contributed by atoms with Gasteiger partial charge in [-0.05, 0) is 41.0 Å². The van der Waals surface area contributed by atoms with Crippen LogP contribution in [0, 0.1) is 5.82 Å². The SMILES string of the molecule is C[C@@H](NC(=O)Cc1ccccc1F)c1ccc2ccccc2c1. The average molecular weight is 307 g/mol. The van der Waals surface area contributed by atoms with Crippen molar-refractivity contribution in [1.82, 2.24) is 5.32 Å². The number of rotatable bonds is 4. The Kier molecular flexibility index (Phi) is 4.38. The van der Waals surface area contributed by atoms with Gasteiger partial charge in [-0.2, -0.15) is 0 Å². The van der Waals surface area contributed by atoms with Crippen LogP contribution in [0.4, 0.5) is 4.39 Å². The predicted molar refractivity (Wildman–Crippen MR) is 90.6 cm³/mol. The summed E-state index contributed by atoms with van der Waals surface area (Å²) >= 11 is 0. The Bertz CT molecular complexity index is 844. The molecule has 3 rings (SSSR count). The van der Waals surface area contributed by atoms with E-state index in [0.717, 1.165) is 10.9 Å². The molecule has 0 saturated carbocycles. The standard InChI is InChI=1S/C20H18FNO/c1-14(16-11-10-15-6-2-3-7-17(15)12-16)22-20(23)13-18-8-4-5-9-19(18)21/h2-12,14H,13H2,1H3,(H,22,23)/t14-/m1/s1. The molecule has 0 aromatic heterocycles.